The highest BCUT2D eigenvalue weighted by molar-refractivity contribution is 7.92. The van der Waals surface area contributed by atoms with Gasteiger partial charge in [0.05, 0.1) is 30.8 Å². The second kappa shape index (κ2) is 10.4. The van der Waals surface area contributed by atoms with Gasteiger partial charge in [-0.1, -0.05) is 42.5 Å². The fourth-order valence-corrected chi connectivity index (χ4v) is 5.63. The molecule has 1 atom stereocenters. The zero-order valence-corrected chi connectivity index (χ0v) is 21.0. The van der Waals surface area contributed by atoms with Gasteiger partial charge in [-0.05, 0) is 59.3 Å². The summed E-state index contributed by atoms with van der Waals surface area (Å²) in [5.41, 5.74) is 0.377. The predicted octanol–water partition coefficient (Wildman–Crippen LogP) is 4.00. The zero-order chi connectivity index (χ0) is 25.8. The van der Waals surface area contributed by atoms with Crippen LogP contribution in [0.1, 0.15) is 0 Å². The number of amides is 1. The lowest BCUT2D eigenvalue weighted by atomic mass is 10.1. The number of para-hydroxylation sites is 2. The molecule has 4 aromatic rings. The normalized spacial score (nSPS) is 14.9. The molecule has 37 heavy (non-hydrogen) atoms. The number of methoxy groups -OCH3 is 1. The van der Waals surface area contributed by atoms with Gasteiger partial charge in [-0.3, -0.25) is 9.10 Å². The van der Waals surface area contributed by atoms with Gasteiger partial charge in [0, 0.05) is 0 Å². The minimum Gasteiger partial charge on any atom is -0.497 e. The highest BCUT2D eigenvalue weighted by atomic mass is 32.2. The van der Waals surface area contributed by atoms with E-state index in [0.29, 0.717) is 22.9 Å². The SMILES string of the molecule is COc1ccc(S(=O)(=O)N2CC(C(=O)NCCOc3ccc4ccccc4c3)Oc3ccccc32)cc1. The molecular weight excluding hydrogens is 492 g/mol. The number of nitrogens with one attached hydrogen (secondary N) is 1. The van der Waals surface area contributed by atoms with E-state index in [1.807, 2.05) is 42.5 Å². The molecule has 1 heterocycles. The zero-order valence-electron chi connectivity index (χ0n) is 20.2. The number of fused-ring (bicyclic) bond motifs is 2. The molecule has 190 valence electrons. The number of ether oxygens (including phenoxy) is 3. The van der Waals surface area contributed by atoms with Crippen LogP contribution >= 0.6 is 0 Å². The number of sulfonamides is 1. The highest BCUT2D eigenvalue weighted by Crippen LogP contribution is 2.37. The van der Waals surface area contributed by atoms with Crippen LogP contribution in [-0.2, 0) is 14.8 Å². The summed E-state index contributed by atoms with van der Waals surface area (Å²) in [6, 6.07) is 26.7. The van der Waals surface area contributed by atoms with E-state index < -0.39 is 22.0 Å². The van der Waals surface area contributed by atoms with Crippen molar-refractivity contribution in [1.29, 1.82) is 0 Å². The number of nitrogens with zero attached hydrogens (tertiary/aromatic N) is 1. The first-order valence-corrected chi connectivity index (χ1v) is 13.2. The lowest BCUT2D eigenvalue weighted by molar-refractivity contribution is -0.127. The maximum Gasteiger partial charge on any atom is 0.264 e. The largest absolute Gasteiger partial charge is 0.497 e. The van der Waals surface area contributed by atoms with E-state index in [-0.39, 0.29) is 24.6 Å². The summed E-state index contributed by atoms with van der Waals surface area (Å²) < 4.78 is 45.0. The van der Waals surface area contributed by atoms with Crippen molar-refractivity contribution in [2.75, 3.05) is 31.1 Å². The van der Waals surface area contributed by atoms with Gasteiger partial charge in [0.25, 0.3) is 15.9 Å². The molecule has 0 aromatic heterocycles. The number of carbonyl (C=O) groups excluding carboxylic acids is 1. The number of hydrogen-bond donors (Lipinski definition) is 1. The first-order valence-electron chi connectivity index (χ1n) is 11.8. The van der Waals surface area contributed by atoms with E-state index in [1.165, 1.54) is 23.5 Å². The Labute approximate surface area is 215 Å². The van der Waals surface area contributed by atoms with Crippen LogP contribution in [-0.4, -0.2) is 47.2 Å². The third kappa shape index (κ3) is 5.17. The fourth-order valence-electron chi connectivity index (χ4n) is 4.16. The quantitative estimate of drug-likeness (QED) is 0.355. The van der Waals surface area contributed by atoms with Crippen LogP contribution in [0.4, 0.5) is 5.69 Å². The molecule has 4 aromatic carbocycles. The minimum absolute atomic E-state index is 0.0907. The average Bonchev–Trinajstić information content (AvgIpc) is 2.94. The molecule has 1 unspecified atom stereocenters. The van der Waals surface area contributed by atoms with E-state index in [1.54, 1.807) is 36.4 Å². The van der Waals surface area contributed by atoms with Crippen LogP contribution in [0.5, 0.6) is 17.2 Å². The monoisotopic (exact) mass is 518 g/mol. The van der Waals surface area contributed by atoms with Crippen LogP contribution in [0.2, 0.25) is 0 Å². The Kier molecular flexibility index (Phi) is 6.87. The smallest absolute Gasteiger partial charge is 0.264 e. The summed E-state index contributed by atoms with van der Waals surface area (Å²) in [6.07, 6.45) is -1.02. The lowest BCUT2D eigenvalue weighted by Gasteiger charge is -2.34. The molecule has 1 aliphatic heterocycles. The van der Waals surface area contributed by atoms with Gasteiger partial charge in [0.15, 0.2) is 6.10 Å². The Hall–Kier alpha value is -4.24. The van der Waals surface area contributed by atoms with Gasteiger partial charge in [-0.15, -0.1) is 0 Å². The number of carbonyl (C=O) groups is 1. The van der Waals surface area contributed by atoms with Gasteiger partial charge in [0.1, 0.15) is 23.9 Å². The minimum atomic E-state index is -3.95. The fraction of sp³-hybridized carbons (Fsp3) is 0.179. The molecule has 0 fully saturated rings. The first-order chi connectivity index (χ1) is 18.0. The molecular formula is C28H26N2O6S. The number of anilines is 1. The van der Waals surface area contributed by atoms with Crippen molar-refractivity contribution in [3.8, 4) is 17.2 Å². The Bertz CT molecular complexity index is 1520. The van der Waals surface area contributed by atoms with Crippen molar-refractivity contribution in [1.82, 2.24) is 5.32 Å². The van der Waals surface area contributed by atoms with Crippen LogP contribution in [0.15, 0.2) is 95.9 Å². The van der Waals surface area contributed by atoms with Gasteiger partial charge < -0.3 is 19.5 Å². The Balaban J connectivity index is 1.26. The van der Waals surface area contributed by atoms with Crippen molar-refractivity contribution in [3.05, 3.63) is 91.0 Å². The van der Waals surface area contributed by atoms with Crippen molar-refractivity contribution >= 4 is 32.4 Å². The molecule has 0 aliphatic carbocycles. The Morgan fingerprint density at radius 1 is 0.946 bits per heavy atom. The molecule has 0 saturated heterocycles. The third-order valence-corrected chi connectivity index (χ3v) is 7.86. The van der Waals surface area contributed by atoms with E-state index in [2.05, 4.69) is 5.32 Å². The van der Waals surface area contributed by atoms with E-state index in [9.17, 15) is 13.2 Å². The van der Waals surface area contributed by atoms with Crippen molar-refractivity contribution in [2.45, 2.75) is 11.0 Å². The topological polar surface area (TPSA) is 94.2 Å². The van der Waals surface area contributed by atoms with Crippen LogP contribution < -0.4 is 23.8 Å². The molecule has 9 heteroatoms. The van der Waals surface area contributed by atoms with E-state index in [0.717, 1.165) is 10.8 Å². The molecule has 0 bridgehead atoms. The molecule has 0 spiro atoms. The molecule has 0 radical (unpaired) electrons. The highest BCUT2D eigenvalue weighted by Gasteiger charge is 2.37. The second-order valence-electron chi connectivity index (χ2n) is 8.43. The molecule has 5 rings (SSSR count). The van der Waals surface area contributed by atoms with Crippen LogP contribution in [0.25, 0.3) is 10.8 Å². The summed E-state index contributed by atoms with van der Waals surface area (Å²) in [5, 5.41) is 4.97. The van der Waals surface area contributed by atoms with Gasteiger partial charge in [-0.2, -0.15) is 0 Å². The average molecular weight is 519 g/mol. The Morgan fingerprint density at radius 3 is 2.43 bits per heavy atom. The maximum atomic E-state index is 13.5. The number of hydrogen-bond acceptors (Lipinski definition) is 6. The van der Waals surface area contributed by atoms with Gasteiger partial charge in [0.2, 0.25) is 0 Å². The maximum absolute atomic E-state index is 13.5. The molecule has 1 N–H and O–H groups in total. The summed E-state index contributed by atoms with van der Waals surface area (Å²) in [7, 11) is -2.44. The molecule has 1 aliphatic rings. The van der Waals surface area contributed by atoms with Crippen LogP contribution in [0, 0.1) is 0 Å². The summed E-state index contributed by atoms with van der Waals surface area (Å²) in [5.74, 6) is 1.14. The van der Waals surface area contributed by atoms with E-state index in [4.69, 9.17) is 14.2 Å². The van der Waals surface area contributed by atoms with Gasteiger partial charge in [-0.25, -0.2) is 8.42 Å². The predicted molar refractivity (Wildman–Crippen MR) is 141 cm³/mol. The molecule has 1 amide bonds. The van der Waals surface area contributed by atoms with Crippen molar-refractivity contribution < 1.29 is 27.4 Å². The third-order valence-electron chi connectivity index (χ3n) is 6.07. The standard InChI is InChI=1S/C28H26N2O6S/c1-34-22-12-14-24(15-13-22)37(32,33)30-19-27(36-26-9-5-4-8-25(26)30)28(31)29-16-17-35-23-11-10-20-6-2-3-7-21(20)18-23/h2-15,18,27H,16-17,19H2,1H3,(H,29,31). The Morgan fingerprint density at radius 2 is 1.65 bits per heavy atom. The molecule has 8 nitrogen and oxygen atoms in total. The number of rotatable bonds is 8. The first kappa shape index (κ1) is 24.5. The summed E-state index contributed by atoms with van der Waals surface area (Å²) in [6.45, 7) is 0.322. The van der Waals surface area contributed by atoms with Crippen molar-refractivity contribution in [2.24, 2.45) is 0 Å². The lowest BCUT2D eigenvalue weighted by Crippen LogP contribution is -2.51. The second-order valence-corrected chi connectivity index (χ2v) is 10.3. The summed E-state index contributed by atoms with van der Waals surface area (Å²) in [4.78, 5) is 13.0. The van der Waals surface area contributed by atoms with Crippen molar-refractivity contribution in [3.63, 3.8) is 0 Å². The summed E-state index contributed by atoms with van der Waals surface area (Å²) >= 11 is 0. The number of benzene rings is 4. The molecule has 0 saturated carbocycles. The van der Waals surface area contributed by atoms with Gasteiger partial charge >= 0.3 is 0 Å². The van der Waals surface area contributed by atoms with Crippen LogP contribution in [0.3, 0.4) is 0 Å². The van der Waals surface area contributed by atoms with E-state index >= 15 is 0 Å².